The van der Waals surface area contributed by atoms with Gasteiger partial charge in [0.1, 0.15) is 11.6 Å². The van der Waals surface area contributed by atoms with E-state index in [2.05, 4.69) is 23.4 Å². The minimum absolute atomic E-state index is 0.148. The van der Waals surface area contributed by atoms with Crippen LogP contribution in [0.4, 0.5) is 4.39 Å². The number of hydrogen-bond acceptors (Lipinski definition) is 2. The van der Waals surface area contributed by atoms with Gasteiger partial charge >= 0.3 is 0 Å². The first kappa shape index (κ1) is 12.0. The molecule has 3 nitrogen and oxygen atoms in total. The van der Waals surface area contributed by atoms with Gasteiger partial charge in [0, 0.05) is 25.1 Å². The highest BCUT2D eigenvalue weighted by molar-refractivity contribution is 5.76. The fourth-order valence-corrected chi connectivity index (χ4v) is 2.11. The van der Waals surface area contributed by atoms with Gasteiger partial charge in [0.2, 0.25) is 0 Å². The molecular weight excluding hydrogens is 219 g/mol. The fraction of sp³-hybridized carbons (Fsp3) is 0.462. The van der Waals surface area contributed by atoms with E-state index >= 15 is 0 Å². The second-order valence-corrected chi connectivity index (χ2v) is 4.45. The molecule has 0 saturated carbocycles. The van der Waals surface area contributed by atoms with Crippen molar-refractivity contribution >= 4 is 11.0 Å². The predicted molar refractivity (Wildman–Crippen MR) is 65.5 cm³/mol. The summed E-state index contributed by atoms with van der Waals surface area (Å²) in [6.45, 7) is 4.30. The summed E-state index contributed by atoms with van der Waals surface area (Å²) in [4.78, 5) is 4.44. The second kappa shape index (κ2) is 4.84. The van der Waals surface area contributed by atoms with Crippen LogP contribution in [0.3, 0.4) is 0 Å². The molecule has 2 rings (SSSR count). The minimum Gasteiger partial charge on any atom is -0.396 e. The Balaban J connectivity index is 2.53. The van der Waals surface area contributed by atoms with Crippen molar-refractivity contribution < 1.29 is 9.50 Å². The first-order valence-corrected chi connectivity index (χ1v) is 5.90. The van der Waals surface area contributed by atoms with Crippen LogP contribution in [0.5, 0.6) is 0 Å². The molecule has 0 aliphatic rings. The van der Waals surface area contributed by atoms with Crippen molar-refractivity contribution in [1.29, 1.82) is 0 Å². The van der Waals surface area contributed by atoms with Gasteiger partial charge < -0.3 is 9.67 Å². The highest BCUT2D eigenvalue weighted by Gasteiger charge is 2.13. The molecule has 0 saturated heterocycles. The Hall–Kier alpha value is -1.42. The number of nitrogens with zero attached hydrogens (tertiary/aromatic N) is 2. The summed E-state index contributed by atoms with van der Waals surface area (Å²) in [5.74, 6) is 0.647. The van der Waals surface area contributed by atoms with E-state index in [-0.39, 0.29) is 18.5 Å². The molecule has 2 aromatic rings. The third kappa shape index (κ3) is 2.31. The van der Waals surface area contributed by atoms with E-state index in [0.717, 1.165) is 11.3 Å². The quantitative estimate of drug-likeness (QED) is 0.886. The van der Waals surface area contributed by atoms with E-state index in [4.69, 9.17) is 5.11 Å². The van der Waals surface area contributed by atoms with Gasteiger partial charge in [-0.3, -0.25) is 0 Å². The number of aliphatic hydroxyl groups excluding tert-OH is 1. The number of imidazole rings is 1. The summed E-state index contributed by atoms with van der Waals surface area (Å²) < 4.78 is 15.2. The van der Waals surface area contributed by atoms with Gasteiger partial charge in [0.25, 0.3) is 0 Å². The molecule has 0 amide bonds. The zero-order valence-electron chi connectivity index (χ0n) is 10.2. The van der Waals surface area contributed by atoms with Crippen LogP contribution in [0.1, 0.15) is 32.1 Å². The van der Waals surface area contributed by atoms with Crippen molar-refractivity contribution in [3.63, 3.8) is 0 Å². The molecule has 1 heterocycles. The van der Waals surface area contributed by atoms with Crippen molar-refractivity contribution in [3.05, 3.63) is 29.8 Å². The van der Waals surface area contributed by atoms with Crippen molar-refractivity contribution in [2.75, 3.05) is 6.61 Å². The summed E-state index contributed by atoms with van der Waals surface area (Å²) >= 11 is 0. The van der Waals surface area contributed by atoms with Crippen LogP contribution in [0.15, 0.2) is 18.2 Å². The van der Waals surface area contributed by atoms with E-state index in [1.165, 1.54) is 12.1 Å². The molecule has 0 atom stereocenters. The van der Waals surface area contributed by atoms with Gasteiger partial charge in [-0.15, -0.1) is 0 Å². The van der Waals surface area contributed by atoms with E-state index in [1.807, 2.05) is 0 Å². The summed E-state index contributed by atoms with van der Waals surface area (Å²) in [7, 11) is 0. The van der Waals surface area contributed by atoms with Crippen LogP contribution in [0.25, 0.3) is 11.0 Å². The van der Waals surface area contributed by atoms with Crippen LogP contribution < -0.4 is 0 Å². The molecule has 1 N–H and O–H groups in total. The van der Waals surface area contributed by atoms with Gasteiger partial charge in [-0.2, -0.15) is 0 Å². The molecule has 0 unspecified atom stereocenters. The Labute approximate surface area is 99.9 Å². The third-order valence-electron chi connectivity index (χ3n) is 2.80. The normalized spacial score (nSPS) is 11.6. The highest BCUT2D eigenvalue weighted by atomic mass is 19.1. The molecular formula is C13H17FN2O. The topological polar surface area (TPSA) is 38.0 Å². The van der Waals surface area contributed by atoms with Gasteiger partial charge in [0.05, 0.1) is 11.0 Å². The molecule has 0 aliphatic carbocycles. The Morgan fingerprint density at radius 2 is 2.18 bits per heavy atom. The lowest BCUT2D eigenvalue weighted by Crippen LogP contribution is -2.07. The van der Waals surface area contributed by atoms with Crippen LogP contribution in [0.2, 0.25) is 0 Å². The number of hydrogen-bond donors (Lipinski definition) is 1. The molecule has 0 fully saturated rings. The van der Waals surface area contributed by atoms with E-state index < -0.39 is 0 Å². The standard InChI is InChI=1S/C13H17FN2O/c1-9(2)16-12-6-5-10(14)8-11(12)15-13(16)4-3-7-17/h5-6,8-9,17H,3-4,7H2,1-2H3. The summed E-state index contributed by atoms with van der Waals surface area (Å²) in [6, 6.07) is 4.95. The molecule has 0 aliphatic heterocycles. The molecule has 0 spiro atoms. The summed E-state index contributed by atoms with van der Waals surface area (Å²) in [6.07, 6.45) is 1.39. The average molecular weight is 236 g/mol. The van der Waals surface area contributed by atoms with Crippen LogP contribution in [0, 0.1) is 5.82 Å². The van der Waals surface area contributed by atoms with Gasteiger partial charge in [-0.25, -0.2) is 9.37 Å². The van der Waals surface area contributed by atoms with Crippen LogP contribution in [-0.2, 0) is 6.42 Å². The Bertz CT molecular complexity index is 519. The lowest BCUT2D eigenvalue weighted by Gasteiger charge is -2.12. The van der Waals surface area contributed by atoms with Crippen molar-refractivity contribution in [3.8, 4) is 0 Å². The van der Waals surface area contributed by atoms with Crippen LogP contribution >= 0.6 is 0 Å². The Morgan fingerprint density at radius 1 is 1.41 bits per heavy atom. The number of halogens is 1. The van der Waals surface area contributed by atoms with E-state index in [9.17, 15) is 4.39 Å². The Morgan fingerprint density at radius 3 is 2.82 bits per heavy atom. The molecule has 0 radical (unpaired) electrons. The number of rotatable bonds is 4. The maximum absolute atomic E-state index is 13.1. The van der Waals surface area contributed by atoms with Gasteiger partial charge in [-0.1, -0.05) is 0 Å². The summed E-state index contributed by atoms with van der Waals surface area (Å²) in [5, 5.41) is 8.88. The maximum atomic E-state index is 13.1. The van der Waals surface area contributed by atoms with E-state index in [1.54, 1.807) is 6.07 Å². The predicted octanol–water partition coefficient (Wildman–Crippen LogP) is 2.68. The first-order chi connectivity index (χ1) is 8.13. The first-order valence-electron chi connectivity index (χ1n) is 5.90. The van der Waals surface area contributed by atoms with Crippen molar-refractivity contribution in [2.24, 2.45) is 0 Å². The monoisotopic (exact) mass is 236 g/mol. The van der Waals surface area contributed by atoms with Crippen LogP contribution in [-0.4, -0.2) is 21.3 Å². The SMILES string of the molecule is CC(C)n1c(CCCO)nc2cc(F)ccc21. The van der Waals surface area contributed by atoms with Crippen molar-refractivity contribution in [1.82, 2.24) is 9.55 Å². The molecule has 4 heteroatoms. The lowest BCUT2D eigenvalue weighted by atomic mass is 10.2. The number of aryl methyl sites for hydroxylation is 1. The molecule has 1 aromatic heterocycles. The third-order valence-corrected chi connectivity index (χ3v) is 2.80. The maximum Gasteiger partial charge on any atom is 0.125 e. The zero-order valence-corrected chi connectivity index (χ0v) is 10.2. The number of aliphatic hydroxyl groups is 1. The molecule has 92 valence electrons. The second-order valence-electron chi connectivity index (χ2n) is 4.45. The number of fused-ring (bicyclic) bond motifs is 1. The number of aromatic nitrogens is 2. The minimum atomic E-state index is -0.264. The van der Waals surface area contributed by atoms with Gasteiger partial charge in [0.15, 0.2) is 0 Å². The fourth-order valence-electron chi connectivity index (χ4n) is 2.11. The Kier molecular flexibility index (Phi) is 3.43. The largest absolute Gasteiger partial charge is 0.396 e. The summed E-state index contributed by atoms with van der Waals surface area (Å²) in [5.41, 5.74) is 1.64. The molecule has 1 aromatic carbocycles. The zero-order chi connectivity index (χ0) is 12.4. The lowest BCUT2D eigenvalue weighted by molar-refractivity contribution is 0.286. The average Bonchev–Trinajstić information content (AvgIpc) is 2.63. The smallest absolute Gasteiger partial charge is 0.125 e. The highest BCUT2D eigenvalue weighted by Crippen LogP contribution is 2.22. The van der Waals surface area contributed by atoms with Gasteiger partial charge in [-0.05, 0) is 32.4 Å². The number of benzene rings is 1. The molecule has 0 bridgehead atoms. The van der Waals surface area contributed by atoms with E-state index in [0.29, 0.717) is 18.4 Å². The van der Waals surface area contributed by atoms with Crippen molar-refractivity contribution in [2.45, 2.75) is 32.7 Å². The molecule has 17 heavy (non-hydrogen) atoms.